The molecule has 2 saturated heterocycles. The number of halogens is 1. The zero-order valence-corrected chi connectivity index (χ0v) is 19.5. The molecule has 0 spiro atoms. The number of likely N-dealkylation sites (N-methyl/N-ethyl adjacent to an activating group) is 1. The molecule has 158 valence electrons. The first kappa shape index (κ1) is 24.4. The first-order chi connectivity index (χ1) is 12.7. The lowest BCUT2D eigenvalue weighted by atomic mass is 10.2. The van der Waals surface area contributed by atoms with Crippen LogP contribution in [0.25, 0.3) is 0 Å². The number of rotatable bonds is 10. The van der Waals surface area contributed by atoms with Gasteiger partial charge in [-0.2, -0.15) is 0 Å². The minimum absolute atomic E-state index is 0. The Morgan fingerprint density at radius 1 is 1.04 bits per heavy atom. The molecule has 2 aliphatic rings. The van der Waals surface area contributed by atoms with Crippen molar-refractivity contribution in [3.8, 4) is 0 Å². The first-order valence-corrected chi connectivity index (χ1v) is 10.4. The van der Waals surface area contributed by atoms with E-state index >= 15 is 0 Å². The van der Waals surface area contributed by atoms with Crippen LogP contribution in [-0.4, -0.2) is 99.1 Å². The van der Waals surface area contributed by atoms with Crippen molar-refractivity contribution in [3.05, 3.63) is 0 Å². The van der Waals surface area contributed by atoms with E-state index < -0.39 is 0 Å². The molecule has 0 aromatic heterocycles. The smallest absolute Gasteiger partial charge is 0.222 e. The Labute approximate surface area is 182 Å². The molecule has 2 rings (SSSR count). The number of nitrogens with one attached hydrogen (secondary N) is 2. The van der Waals surface area contributed by atoms with Crippen molar-refractivity contribution in [2.24, 2.45) is 4.99 Å². The van der Waals surface area contributed by atoms with Gasteiger partial charge in [0.1, 0.15) is 0 Å². The van der Waals surface area contributed by atoms with Gasteiger partial charge in [0.25, 0.3) is 0 Å². The third-order valence-corrected chi connectivity index (χ3v) is 5.16. The van der Waals surface area contributed by atoms with Crippen molar-refractivity contribution in [3.63, 3.8) is 0 Å². The maximum absolute atomic E-state index is 11.6. The predicted octanol–water partition coefficient (Wildman–Crippen LogP) is 1.20. The van der Waals surface area contributed by atoms with Gasteiger partial charge in [0.05, 0.1) is 0 Å². The van der Waals surface area contributed by atoms with Gasteiger partial charge < -0.3 is 25.3 Å². The standard InChI is InChI=1S/C19H38N6O.HI/c1-3-20-19(22-10-7-13-25-12-6-8-18(25)26)21-9-4-5-11-24-16-14-23(2)15-17-24;/h3-17H2,1-2H3,(H2,20,21,22);1H. The summed E-state index contributed by atoms with van der Waals surface area (Å²) in [7, 11) is 2.20. The van der Waals surface area contributed by atoms with Crippen LogP contribution >= 0.6 is 24.0 Å². The molecule has 0 aromatic rings. The van der Waals surface area contributed by atoms with Gasteiger partial charge in [-0.05, 0) is 46.2 Å². The van der Waals surface area contributed by atoms with Crippen LogP contribution in [0.5, 0.6) is 0 Å². The Morgan fingerprint density at radius 2 is 1.81 bits per heavy atom. The minimum Gasteiger partial charge on any atom is -0.357 e. The molecule has 0 saturated carbocycles. The second-order valence-corrected chi connectivity index (χ2v) is 7.38. The molecule has 0 unspecified atom stereocenters. The fourth-order valence-corrected chi connectivity index (χ4v) is 3.47. The van der Waals surface area contributed by atoms with Gasteiger partial charge in [0.2, 0.25) is 5.91 Å². The van der Waals surface area contributed by atoms with Crippen LogP contribution in [-0.2, 0) is 4.79 Å². The SMILES string of the molecule is CCNC(=NCCCN1CCCC1=O)NCCCCN1CCN(C)CC1.I. The molecular formula is C19H39IN6O. The second-order valence-electron chi connectivity index (χ2n) is 7.38. The van der Waals surface area contributed by atoms with E-state index in [2.05, 4.69) is 39.4 Å². The molecule has 2 N–H and O–H groups in total. The summed E-state index contributed by atoms with van der Waals surface area (Å²) in [6.07, 6.45) is 5.07. The first-order valence-electron chi connectivity index (χ1n) is 10.4. The molecule has 0 bridgehead atoms. The summed E-state index contributed by atoms with van der Waals surface area (Å²) in [5.41, 5.74) is 0. The Morgan fingerprint density at radius 3 is 2.48 bits per heavy atom. The van der Waals surface area contributed by atoms with Gasteiger partial charge in [-0.15, -0.1) is 24.0 Å². The van der Waals surface area contributed by atoms with Crippen LogP contribution in [0.4, 0.5) is 0 Å². The quantitative estimate of drug-likeness (QED) is 0.207. The van der Waals surface area contributed by atoms with E-state index in [-0.39, 0.29) is 24.0 Å². The van der Waals surface area contributed by atoms with E-state index in [0.717, 1.165) is 57.9 Å². The van der Waals surface area contributed by atoms with Crippen molar-refractivity contribution < 1.29 is 4.79 Å². The number of piperazine rings is 1. The van der Waals surface area contributed by atoms with Crippen molar-refractivity contribution in [2.45, 2.75) is 39.0 Å². The highest BCUT2D eigenvalue weighted by Gasteiger charge is 2.18. The molecule has 0 atom stereocenters. The van der Waals surface area contributed by atoms with Crippen LogP contribution in [0, 0.1) is 0 Å². The summed E-state index contributed by atoms with van der Waals surface area (Å²) in [4.78, 5) is 23.2. The van der Waals surface area contributed by atoms with E-state index in [0.29, 0.717) is 5.91 Å². The zero-order chi connectivity index (χ0) is 18.6. The molecule has 1 amide bonds. The van der Waals surface area contributed by atoms with Crippen LogP contribution in [0.2, 0.25) is 0 Å². The number of hydrogen-bond donors (Lipinski definition) is 2. The monoisotopic (exact) mass is 494 g/mol. The average molecular weight is 494 g/mol. The van der Waals surface area contributed by atoms with Crippen molar-refractivity contribution in [2.75, 3.05) is 72.5 Å². The number of amides is 1. The molecule has 2 fully saturated rings. The van der Waals surface area contributed by atoms with E-state index in [1.807, 2.05) is 4.90 Å². The number of guanidine groups is 1. The molecule has 0 aliphatic carbocycles. The number of likely N-dealkylation sites (tertiary alicyclic amines) is 1. The van der Waals surface area contributed by atoms with E-state index in [9.17, 15) is 4.79 Å². The number of aliphatic imine (C=N–C) groups is 1. The van der Waals surface area contributed by atoms with Crippen molar-refractivity contribution in [1.82, 2.24) is 25.3 Å². The number of carbonyl (C=O) groups excluding carboxylic acids is 1. The highest BCUT2D eigenvalue weighted by molar-refractivity contribution is 14.0. The molecule has 0 aromatic carbocycles. The van der Waals surface area contributed by atoms with Gasteiger partial charge in [-0.3, -0.25) is 9.79 Å². The maximum atomic E-state index is 11.6. The van der Waals surface area contributed by atoms with Crippen molar-refractivity contribution in [1.29, 1.82) is 0 Å². The molecule has 2 heterocycles. The number of nitrogens with zero attached hydrogens (tertiary/aromatic N) is 4. The normalized spacial score (nSPS) is 19.3. The fraction of sp³-hybridized carbons (Fsp3) is 0.895. The fourth-order valence-electron chi connectivity index (χ4n) is 3.47. The third kappa shape index (κ3) is 9.94. The topological polar surface area (TPSA) is 63.2 Å². The summed E-state index contributed by atoms with van der Waals surface area (Å²) in [6.45, 7) is 12.4. The lowest BCUT2D eigenvalue weighted by Gasteiger charge is -2.32. The zero-order valence-electron chi connectivity index (χ0n) is 17.2. The summed E-state index contributed by atoms with van der Waals surface area (Å²) >= 11 is 0. The maximum Gasteiger partial charge on any atom is 0.222 e. The van der Waals surface area contributed by atoms with Gasteiger partial charge in [0, 0.05) is 65.3 Å². The Hall–Kier alpha value is -0.610. The highest BCUT2D eigenvalue weighted by atomic mass is 127. The molecule has 27 heavy (non-hydrogen) atoms. The summed E-state index contributed by atoms with van der Waals surface area (Å²) in [6, 6.07) is 0. The second kappa shape index (κ2) is 14.4. The van der Waals surface area contributed by atoms with Gasteiger partial charge in [-0.25, -0.2) is 0 Å². The molecular weight excluding hydrogens is 455 g/mol. The Bertz CT molecular complexity index is 440. The predicted molar refractivity (Wildman–Crippen MR) is 123 cm³/mol. The van der Waals surface area contributed by atoms with Crippen LogP contribution in [0.15, 0.2) is 4.99 Å². The summed E-state index contributed by atoms with van der Waals surface area (Å²) in [5, 5.41) is 6.74. The van der Waals surface area contributed by atoms with Gasteiger partial charge in [0.15, 0.2) is 5.96 Å². The number of unbranched alkanes of at least 4 members (excludes halogenated alkanes) is 1. The molecule has 8 heteroatoms. The minimum atomic E-state index is 0. The lowest BCUT2D eigenvalue weighted by molar-refractivity contribution is -0.127. The lowest BCUT2D eigenvalue weighted by Crippen LogP contribution is -2.44. The van der Waals surface area contributed by atoms with E-state index in [1.54, 1.807) is 0 Å². The molecule has 2 aliphatic heterocycles. The van der Waals surface area contributed by atoms with E-state index in [1.165, 1.54) is 45.6 Å². The van der Waals surface area contributed by atoms with Crippen LogP contribution in [0.3, 0.4) is 0 Å². The van der Waals surface area contributed by atoms with Gasteiger partial charge in [-0.1, -0.05) is 0 Å². The van der Waals surface area contributed by atoms with E-state index in [4.69, 9.17) is 0 Å². The summed E-state index contributed by atoms with van der Waals surface area (Å²) in [5.74, 6) is 1.21. The summed E-state index contributed by atoms with van der Waals surface area (Å²) < 4.78 is 0. The van der Waals surface area contributed by atoms with Crippen LogP contribution in [0.1, 0.15) is 39.0 Å². The highest BCUT2D eigenvalue weighted by Crippen LogP contribution is 2.09. The van der Waals surface area contributed by atoms with Crippen LogP contribution < -0.4 is 10.6 Å². The third-order valence-electron chi connectivity index (χ3n) is 5.16. The number of hydrogen-bond acceptors (Lipinski definition) is 4. The average Bonchev–Trinajstić information content (AvgIpc) is 3.05. The number of carbonyl (C=O) groups is 1. The van der Waals surface area contributed by atoms with Crippen molar-refractivity contribution >= 4 is 35.8 Å². The van der Waals surface area contributed by atoms with Gasteiger partial charge >= 0.3 is 0 Å². The molecule has 7 nitrogen and oxygen atoms in total. The largest absolute Gasteiger partial charge is 0.357 e. The Kier molecular flexibility index (Phi) is 13.0. The molecule has 0 radical (unpaired) electrons. The Balaban J connectivity index is 0.00000364.